The Kier molecular flexibility index (Phi) is 8.62. The number of para-hydroxylation sites is 2. The molecule has 0 aliphatic heterocycles. The van der Waals surface area contributed by atoms with Crippen molar-refractivity contribution in [2.24, 2.45) is 5.73 Å². The maximum atomic E-state index is 11.4. The fourth-order valence-electron chi connectivity index (χ4n) is 2.58. The van der Waals surface area contributed by atoms with Crippen LogP contribution in [0.3, 0.4) is 0 Å². The fourth-order valence-corrected chi connectivity index (χ4v) is 2.58. The summed E-state index contributed by atoms with van der Waals surface area (Å²) in [5.74, 6) is -0.151. The summed E-state index contributed by atoms with van der Waals surface area (Å²) in [4.78, 5) is 13.7. The molecule has 1 aromatic rings. The van der Waals surface area contributed by atoms with E-state index < -0.39 is 0 Å². The largest absolute Gasteiger partial charge is 0.370 e. The van der Waals surface area contributed by atoms with Gasteiger partial charge in [0.05, 0.1) is 17.9 Å². The van der Waals surface area contributed by atoms with Crippen LogP contribution in [0.25, 0.3) is 0 Å². The van der Waals surface area contributed by atoms with Crippen LogP contribution >= 0.6 is 24.8 Å². The summed E-state index contributed by atoms with van der Waals surface area (Å²) in [7, 11) is 2.10. The molecule has 0 aromatic heterocycles. The van der Waals surface area contributed by atoms with Crippen molar-refractivity contribution in [1.82, 2.24) is 0 Å². The summed E-state index contributed by atoms with van der Waals surface area (Å²) in [6, 6.07) is 8.48. The van der Waals surface area contributed by atoms with Gasteiger partial charge in [0.15, 0.2) is 0 Å². The van der Waals surface area contributed by atoms with Gasteiger partial charge in [0.1, 0.15) is 0 Å². The molecule has 1 amide bonds. The molecule has 0 saturated heterocycles. The van der Waals surface area contributed by atoms with Gasteiger partial charge in [-0.15, -0.1) is 24.8 Å². The van der Waals surface area contributed by atoms with Crippen molar-refractivity contribution in [2.75, 3.05) is 23.8 Å². The minimum Gasteiger partial charge on any atom is -0.370 e. The van der Waals surface area contributed by atoms with E-state index in [1.807, 2.05) is 24.3 Å². The topological polar surface area (TPSA) is 58.4 Å². The van der Waals surface area contributed by atoms with E-state index in [9.17, 15) is 4.79 Å². The molecule has 6 heteroatoms. The van der Waals surface area contributed by atoms with Crippen molar-refractivity contribution >= 4 is 42.1 Å². The minimum atomic E-state index is -0.151. The van der Waals surface area contributed by atoms with Crippen molar-refractivity contribution in [1.29, 1.82) is 0 Å². The fraction of sp³-hybridized carbons (Fsp3) is 0.500. The van der Waals surface area contributed by atoms with Gasteiger partial charge in [-0.05, 0) is 25.0 Å². The second-order valence-corrected chi connectivity index (χ2v) is 4.82. The Morgan fingerprint density at radius 2 is 1.90 bits per heavy atom. The van der Waals surface area contributed by atoms with Gasteiger partial charge in [-0.1, -0.05) is 25.0 Å². The van der Waals surface area contributed by atoms with E-state index in [0.29, 0.717) is 6.04 Å². The highest BCUT2D eigenvalue weighted by molar-refractivity contribution is 5.95. The molecule has 0 radical (unpaired) electrons. The zero-order valence-electron chi connectivity index (χ0n) is 11.7. The highest BCUT2D eigenvalue weighted by Gasteiger charge is 2.21. The van der Waals surface area contributed by atoms with Crippen LogP contribution in [0.1, 0.15) is 25.7 Å². The van der Waals surface area contributed by atoms with Crippen molar-refractivity contribution in [3.63, 3.8) is 0 Å². The van der Waals surface area contributed by atoms with Crippen LogP contribution in [-0.2, 0) is 4.79 Å². The molecule has 0 bridgehead atoms. The summed E-state index contributed by atoms with van der Waals surface area (Å²) in [6.45, 7) is 0.0154. The quantitative estimate of drug-likeness (QED) is 0.897. The molecule has 1 aliphatic rings. The molecule has 20 heavy (non-hydrogen) atoms. The first-order valence-electron chi connectivity index (χ1n) is 6.54. The standard InChI is InChI=1S/C14H21N3O.2ClH/c1-17(11-6-2-3-7-11)13-9-5-4-8-12(13)16-14(18)10-15;;/h4-5,8-9,11H,2-3,6-7,10,15H2,1H3,(H,16,18);2*1H. The molecule has 4 nitrogen and oxygen atoms in total. The molecule has 1 aliphatic carbocycles. The first-order chi connectivity index (χ1) is 8.72. The van der Waals surface area contributed by atoms with E-state index in [2.05, 4.69) is 17.3 Å². The molecule has 1 fully saturated rings. The number of halogens is 2. The number of hydrogen-bond acceptors (Lipinski definition) is 3. The Bertz CT molecular complexity index is 423. The summed E-state index contributed by atoms with van der Waals surface area (Å²) < 4.78 is 0. The van der Waals surface area contributed by atoms with Crippen LogP contribution in [0, 0.1) is 0 Å². The molecule has 0 unspecified atom stereocenters. The second-order valence-electron chi connectivity index (χ2n) is 4.82. The molecule has 114 valence electrons. The number of nitrogens with two attached hydrogens (primary N) is 1. The first-order valence-corrected chi connectivity index (χ1v) is 6.54. The number of anilines is 2. The maximum Gasteiger partial charge on any atom is 0.238 e. The van der Waals surface area contributed by atoms with Crippen LogP contribution in [0.15, 0.2) is 24.3 Å². The monoisotopic (exact) mass is 319 g/mol. The molecule has 0 spiro atoms. The second kappa shape index (κ2) is 9.06. The van der Waals surface area contributed by atoms with E-state index in [1.165, 1.54) is 25.7 Å². The zero-order valence-corrected chi connectivity index (χ0v) is 13.3. The van der Waals surface area contributed by atoms with Gasteiger partial charge < -0.3 is 16.0 Å². The number of benzene rings is 1. The molecule has 1 aromatic carbocycles. The van der Waals surface area contributed by atoms with Gasteiger partial charge in [0, 0.05) is 13.1 Å². The van der Waals surface area contributed by atoms with Gasteiger partial charge >= 0.3 is 0 Å². The molecular formula is C14H23Cl2N3O. The predicted octanol–water partition coefficient (Wildman–Crippen LogP) is 2.81. The predicted molar refractivity (Wildman–Crippen MR) is 89.3 cm³/mol. The number of amides is 1. The van der Waals surface area contributed by atoms with E-state index in [1.54, 1.807) is 0 Å². The van der Waals surface area contributed by atoms with Crippen molar-refractivity contribution in [2.45, 2.75) is 31.7 Å². The minimum absolute atomic E-state index is 0. The third-order valence-corrected chi connectivity index (χ3v) is 3.62. The van der Waals surface area contributed by atoms with Crippen molar-refractivity contribution in [3.8, 4) is 0 Å². The molecule has 0 heterocycles. The van der Waals surface area contributed by atoms with Crippen molar-refractivity contribution < 1.29 is 4.79 Å². The van der Waals surface area contributed by atoms with Crippen LogP contribution in [0.2, 0.25) is 0 Å². The Labute approximate surface area is 132 Å². The van der Waals surface area contributed by atoms with Gasteiger partial charge in [-0.3, -0.25) is 4.79 Å². The van der Waals surface area contributed by atoms with Crippen LogP contribution in [-0.4, -0.2) is 25.5 Å². The van der Waals surface area contributed by atoms with E-state index in [-0.39, 0.29) is 37.3 Å². The summed E-state index contributed by atoms with van der Waals surface area (Å²) in [5, 5.41) is 2.86. The van der Waals surface area contributed by atoms with Gasteiger partial charge in [0.25, 0.3) is 0 Å². The zero-order chi connectivity index (χ0) is 13.0. The number of carbonyl (C=O) groups excluding carboxylic acids is 1. The Morgan fingerprint density at radius 3 is 2.50 bits per heavy atom. The third-order valence-electron chi connectivity index (χ3n) is 3.62. The number of carbonyl (C=O) groups is 1. The molecule has 2 rings (SSSR count). The van der Waals surface area contributed by atoms with Crippen LogP contribution < -0.4 is 16.0 Å². The number of nitrogens with zero attached hydrogens (tertiary/aromatic N) is 1. The number of hydrogen-bond donors (Lipinski definition) is 2. The number of rotatable bonds is 4. The lowest BCUT2D eigenvalue weighted by Crippen LogP contribution is -2.30. The Morgan fingerprint density at radius 1 is 1.30 bits per heavy atom. The van der Waals surface area contributed by atoms with E-state index in [4.69, 9.17) is 5.73 Å². The summed E-state index contributed by atoms with van der Waals surface area (Å²) >= 11 is 0. The molecular weight excluding hydrogens is 297 g/mol. The highest BCUT2D eigenvalue weighted by Crippen LogP contribution is 2.31. The third kappa shape index (κ3) is 4.54. The summed E-state index contributed by atoms with van der Waals surface area (Å²) in [6.07, 6.45) is 5.06. The van der Waals surface area contributed by atoms with E-state index >= 15 is 0 Å². The van der Waals surface area contributed by atoms with Crippen LogP contribution in [0.4, 0.5) is 11.4 Å². The normalized spacial score (nSPS) is 14.1. The molecule has 1 saturated carbocycles. The lowest BCUT2D eigenvalue weighted by Gasteiger charge is -2.28. The Balaban J connectivity index is 0.00000180. The highest BCUT2D eigenvalue weighted by atomic mass is 35.5. The smallest absolute Gasteiger partial charge is 0.238 e. The lowest BCUT2D eigenvalue weighted by atomic mass is 10.1. The van der Waals surface area contributed by atoms with Gasteiger partial charge in [-0.2, -0.15) is 0 Å². The van der Waals surface area contributed by atoms with Crippen LogP contribution in [0.5, 0.6) is 0 Å². The first kappa shape index (κ1) is 19.0. The average Bonchev–Trinajstić information content (AvgIpc) is 2.92. The average molecular weight is 320 g/mol. The molecule has 0 atom stereocenters. The van der Waals surface area contributed by atoms with E-state index in [0.717, 1.165) is 11.4 Å². The number of nitrogens with one attached hydrogen (secondary N) is 1. The Hall–Kier alpha value is -0.970. The van der Waals surface area contributed by atoms with Crippen molar-refractivity contribution in [3.05, 3.63) is 24.3 Å². The SMILES string of the molecule is CN(c1ccccc1NC(=O)CN)C1CCCC1.Cl.Cl. The van der Waals surface area contributed by atoms with Gasteiger partial charge in [-0.25, -0.2) is 0 Å². The van der Waals surface area contributed by atoms with Gasteiger partial charge in [0.2, 0.25) is 5.91 Å². The molecule has 3 N–H and O–H groups in total. The maximum absolute atomic E-state index is 11.4. The lowest BCUT2D eigenvalue weighted by molar-refractivity contribution is -0.114. The summed E-state index contributed by atoms with van der Waals surface area (Å²) in [5.41, 5.74) is 7.27.